The van der Waals surface area contributed by atoms with Gasteiger partial charge in [-0.3, -0.25) is 4.68 Å². The molecule has 1 saturated heterocycles. The fourth-order valence-electron chi connectivity index (χ4n) is 4.68. The standard InChI is InChI=1S/C25H35N5O2S/c1-6-8-19-10-11-20(33(31,32)30-14-12-28(4)13-15-30)17-21(19)23-16-18(3)25-24(26-23)22(9-7-2)27-29(25)5/h10-11,16-17,26H,3,6-9,12-15H2,1-2,4-5H3. The van der Waals surface area contributed by atoms with Crippen LogP contribution in [0, 0.1) is 0 Å². The Morgan fingerprint density at radius 3 is 2.42 bits per heavy atom. The van der Waals surface area contributed by atoms with E-state index < -0.39 is 10.0 Å². The summed E-state index contributed by atoms with van der Waals surface area (Å²) >= 11 is 0. The molecule has 3 heterocycles. The van der Waals surface area contributed by atoms with Gasteiger partial charge in [-0.1, -0.05) is 39.3 Å². The maximum absolute atomic E-state index is 13.4. The first-order valence-electron chi connectivity index (χ1n) is 11.8. The first-order chi connectivity index (χ1) is 15.8. The number of hydrogen-bond acceptors (Lipinski definition) is 5. The van der Waals surface area contributed by atoms with Crippen molar-refractivity contribution in [3.63, 3.8) is 0 Å². The smallest absolute Gasteiger partial charge is 0.243 e. The van der Waals surface area contributed by atoms with E-state index in [0.29, 0.717) is 18.0 Å². The lowest BCUT2D eigenvalue weighted by Gasteiger charge is -2.31. The van der Waals surface area contributed by atoms with Crippen LogP contribution in [0.3, 0.4) is 0 Å². The number of anilines is 1. The summed E-state index contributed by atoms with van der Waals surface area (Å²) in [6.45, 7) is 11.1. The second kappa shape index (κ2) is 9.44. The van der Waals surface area contributed by atoms with Gasteiger partial charge in [0.2, 0.25) is 10.0 Å². The molecule has 33 heavy (non-hydrogen) atoms. The number of likely N-dealkylation sites (N-methyl/N-ethyl adjacent to an activating group) is 1. The summed E-state index contributed by atoms with van der Waals surface area (Å²) in [5.74, 6) is 0. The minimum absolute atomic E-state index is 0.348. The number of aryl methyl sites for hydroxylation is 3. The third-order valence-electron chi connectivity index (χ3n) is 6.48. The number of fused-ring (bicyclic) bond motifs is 1. The summed E-state index contributed by atoms with van der Waals surface area (Å²) in [6.07, 6.45) is 5.73. The van der Waals surface area contributed by atoms with E-state index in [1.165, 1.54) is 0 Å². The zero-order valence-electron chi connectivity index (χ0n) is 20.2. The van der Waals surface area contributed by atoms with E-state index in [0.717, 1.165) is 78.2 Å². The molecule has 0 amide bonds. The SMILES string of the molecule is C=C1C=C(c2cc(S(=O)(=O)N3CCN(C)CC3)ccc2CCC)Nc2c(CCC)nn(C)c21. The van der Waals surface area contributed by atoms with Gasteiger partial charge >= 0.3 is 0 Å². The van der Waals surface area contributed by atoms with Gasteiger partial charge in [0.25, 0.3) is 0 Å². The van der Waals surface area contributed by atoms with Crippen molar-refractivity contribution in [1.29, 1.82) is 0 Å². The molecule has 0 spiro atoms. The Morgan fingerprint density at radius 2 is 1.76 bits per heavy atom. The summed E-state index contributed by atoms with van der Waals surface area (Å²) in [5.41, 5.74) is 6.80. The Bertz CT molecular complexity index is 1190. The van der Waals surface area contributed by atoms with Crippen LogP contribution in [-0.2, 0) is 29.9 Å². The van der Waals surface area contributed by atoms with E-state index in [-0.39, 0.29) is 0 Å². The summed E-state index contributed by atoms with van der Waals surface area (Å²) in [7, 11) is 0.411. The molecule has 8 heteroatoms. The van der Waals surface area contributed by atoms with Gasteiger partial charge in [0, 0.05) is 44.5 Å². The topological polar surface area (TPSA) is 70.5 Å². The van der Waals surface area contributed by atoms with E-state index in [1.807, 2.05) is 37.0 Å². The Balaban J connectivity index is 1.75. The molecule has 4 rings (SSSR count). The van der Waals surface area contributed by atoms with E-state index in [9.17, 15) is 8.42 Å². The van der Waals surface area contributed by atoms with Crippen LogP contribution in [-0.4, -0.2) is 60.6 Å². The van der Waals surface area contributed by atoms with Gasteiger partial charge in [-0.15, -0.1) is 0 Å². The number of hydrogen-bond donors (Lipinski definition) is 1. The van der Waals surface area contributed by atoms with Gasteiger partial charge in [-0.2, -0.15) is 9.40 Å². The largest absolute Gasteiger partial charge is 0.352 e. The van der Waals surface area contributed by atoms with Crippen LogP contribution in [0.5, 0.6) is 0 Å². The van der Waals surface area contributed by atoms with Crippen LogP contribution in [0.1, 0.15) is 49.2 Å². The molecule has 1 N–H and O–H groups in total. The van der Waals surface area contributed by atoms with Crippen molar-refractivity contribution in [2.45, 2.75) is 44.4 Å². The molecule has 0 atom stereocenters. The molecule has 0 bridgehead atoms. The summed E-state index contributed by atoms with van der Waals surface area (Å²) in [5, 5.41) is 8.28. The number of allylic oxidation sites excluding steroid dienone is 2. The van der Waals surface area contributed by atoms with E-state index >= 15 is 0 Å². The first-order valence-corrected chi connectivity index (χ1v) is 13.3. The van der Waals surface area contributed by atoms with Crippen molar-refractivity contribution in [2.24, 2.45) is 7.05 Å². The van der Waals surface area contributed by atoms with Gasteiger partial charge in [0.05, 0.1) is 22.0 Å². The molecule has 1 aromatic carbocycles. The molecule has 2 aliphatic heterocycles. The van der Waals surface area contributed by atoms with Crippen LogP contribution in [0.25, 0.3) is 11.3 Å². The molecular weight excluding hydrogens is 434 g/mol. The van der Waals surface area contributed by atoms with Crippen LogP contribution in [0.15, 0.2) is 35.7 Å². The van der Waals surface area contributed by atoms with Crippen molar-refractivity contribution in [2.75, 3.05) is 38.5 Å². The highest BCUT2D eigenvalue weighted by atomic mass is 32.2. The molecule has 0 aliphatic carbocycles. The second-order valence-corrected chi connectivity index (χ2v) is 11.0. The average Bonchev–Trinajstić information content (AvgIpc) is 3.10. The highest BCUT2D eigenvalue weighted by Crippen LogP contribution is 2.38. The molecule has 2 aromatic rings. The van der Waals surface area contributed by atoms with Crippen molar-refractivity contribution in [3.05, 3.63) is 53.4 Å². The normalized spacial score (nSPS) is 17.6. The van der Waals surface area contributed by atoms with Crippen LogP contribution < -0.4 is 5.32 Å². The summed E-state index contributed by atoms with van der Waals surface area (Å²) in [4.78, 5) is 2.50. The Morgan fingerprint density at radius 1 is 1.06 bits per heavy atom. The number of nitrogens with zero attached hydrogens (tertiary/aromatic N) is 4. The van der Waals surface area contributed by atoms with Gasteiger partial charge in [0.15, 0.2) is 0 Å². The molecule has 0 radical (unpaired) electrons. The Kier molecular flexibility index (Phi) is 6.79. The van der Waals surface area contributed by atoms with Crippen LogP contribution >= 0.6 is 0 Å². The molecule has 7 nitrogen and oxygen atoms in total. The van der Waals surface area contributed by atoms with E-state index in [1.54, 1.807) is 10.4 Å². The highest BCUT2D eigenvalue weighted by molar-refractivity contribution is 7.89. The van der Waals surface area contributed by atoms with Gasteiger partial charge in [-0.25, -0.2) is 8.42 Å². The molecule has 178 valence electrons. The maximum Gasteiger partial charge on any atom is 0.243 e. The molecule has 1 aromatic heterocycles. The minimum Gasteiger partial charge on any atom is -0.352 e. The highest BCUT2D eigenvalue weighted by Gasteiger charge is 2.29. The Labute approximate surface area is 197 Å². The second-order valence-electron chi connectivity index (χ2n) is 9.03. The van der Waals surface area contributed by atoms with Crippen molar-refractivity contribution in [1.82, 2.24) is 19.0 Å². The van der Waals surface area contributed by atoms with E-state index in [2.05, 4.69) is 30.6 Å². The van der Waals surface area contributed by atoms with Crippen molar-refractivity contribution < 1.29 is 8.42 Å². The first kappa shape index (κ1) is 23.7. The van der Waals surface area contributed by atoms with Crippen LogP contribution in [0.4, 0.5) is 5.69 Å². The fourth-order valence-corrected chi connectivity index (χ4v) is 6.13. The van der Waals surface area contributed by atoms with Crippen molar-refractivity contribution >= 4 is 27.0 Å². The predicted molar refractivity (Wildman–Crippen MR) is 135 cm³/mol. The fraction of sp³-hybridized carbons (Fsp3) is 0.480. The number of nitrogens with one attached hydrogen (secondary N) is 1. The molecular formula is C25H35N5O2S. The lowest BCUT2D eigenvalue weighted by atomic mass is 9.96. The van der Waals surface area contributed by atoms with Gasteiger partial charge in [0.1, 0.15) is 0 Å². The quantitative estimate of drug-likeness (QED) is 0.669. The maximum atomic E-state index is 13.4. The number of rotatable bonds is 7. The van der Waals surface area contributed by atoms with Crippen LogP contribution in [0.2, 0.25) is 0 Å². The number of piperazine rings is 1. The van der Waals surface area contributed by atoms with Crippen molar-refractivity contribution in [3.8, 4) is 0 Å². The minimum atomic E-state index is -3.55. The summed E-state index contributed by atoms with van der Waals surface area (Å²) < 4.78 is 30.4. The third-order valence-corrected chi connectivity index (χ3v) is 8.37. The molecule has 0 saturated carbocycles. The molecule has 0 unspecified atom stereocenters. The van der Waals surface area contributed by atoms with Gasteiger partial charge in [-0.05, 0) is 49.2 Å². The Hall–Kier alpha value is -2.42. The molecule has 1 fully saturated rings. The number of benzene rings is 1. The monoisotopic (exact) mass is 469 g/mol. The number of aromatic nitrogens is 2. The van der Waals surface area contributed by atoms with Gasteiger partial charge < -0.3 is 10.2 Å². The molecule has 2 aliphatic rings. The lowest BCUT2D eigenvalue weighted by molar-refractivity contribution is 0.222. The average molecular weight is 470 g/mol. The predicted octanol–water partition coefficient (Wildman–Crippen LogP) is 3.74. The zero-order valence-corrected chi connectivity index (χ0v) is 21.0. The summed E-state index contributed by atoms with van der Waals surface area (Å²) in [6, 6.07) is 5.57. The lowest BCUT2D eigenvalue weighted by Crippen LogP contribution is -2.47. The number of sulfonamides is 1. The van der Waals surface area contributed by atoms with E-state index in [4.69, 9.17) is 5.10 Å². The third kappa shape index (κ3) is 4.52. The zero-order chi connectivity index (χ0) is 23.8.